The Kier molecular flexibility index (Phi) is 10.6. The molecule has 2 amide bonds. The first kappa shape index (κ1) is 35.8. The number of hydrogen-bond acceptors (Lipinski definition) is 8. The third kappa shape index (κ3) is 7.98. The van der Waals surface area contributed by atoms with Crippen LogP contribution in [0.2, 0.25) is 5.02 Å². The number of rotatable bonds is 11. The van der Waals surface area contributed by atoms with Crippen LogP contribution in [0.15, 0.2) is 96.0 Å². The van der Waals surface area contributed by atoms with E-state index in [0.29, 0.717) is 63.0 Å². The van der Waals surface area contributed by atoms with E-state index in [0.717, 1.165) is 18.4 Å². The number of hydrogen-bond donors (Lipinski definition) is 3. The largest absolute Gasteiger partial charge is 0.351 e. The molecule has 0 spiro atoms. The smallest absolute Gasteiger partial charge is 0.268 e. The SMILES string of the molecule is Cc1ccc(S(=O)(=O)n2c(C)c(-c3nc(N[C@H]4CC[C@@H](NC(=O)c5ccc(NC(=O)/C=C/CN(C)C)cc5)C4)ncc3Cl)c3ccccc32)cc1. The Morgan fingerprint density at radius 3 is 2.41 bits per heavy atom. The minimum absolute atomic E-state index is 0.00758. The van der Waals surface area contributed by atoms with E-state index < -0.39 is 10.0 Å². The van der Waals surface area contributed by atoms with Crippen LogP contribution >= 0.6 is 11.6 Å². The molecule has 0 aliphatic heterocycles. The Morgan fingerprint density at radius 2 is 1.69 bits per heavy atom. The highest BCUT2D eigenvalue weighted by atomic mass is 35.5. The van der Waals surface area contributed by atoms with E-state index in [1.165, 1.54) is 16.2 Å². The predicted molar refractivity (Wildman–Crippen MR) is 202 cm³/mol. The van der Waals surface area contributed by atoms with Gasteiger partial charge in [0.2, 0.25) is 11.9 Å². The van der Waals surface area contributed by atoms with Crippen molar-refractivity contribution in [3.05, 3.63) is 113 Å². The van der Waals surface area contributed by atoms with E-state index in [1.807, 2.05) is 38.1 Å². The number of nitrogens with one attached hydrogen (secondary N) is 3. The quantitative estimate of drug-likeness (QED) is 0.133. The number of para-hydroxylation sites is 1. The van der Waals surface area contributed by atoms with Gasteiger partial charge in [-0.15, -0.1) is 0 Å². The van der Waals surface area contributed by atoms with Crippen LogP contribution in [-0.2, 0) is 14.8 Å². The van der Waals surface area contributed by atoms with Gasteiger partial charge in [-0.3, -0.25) is 9.59 Å². The fraction of sp³-hybridized carbons (Fsp3) is 0.263. The molecule has 1 aliphatic carbocycles. The van der Waals surface area contributed by atoms with Crippen LogP contribution in [0.5, 0.6) is 0 Å². The summed E-state index contributed by atoms with van der Waals surface area (Å²) >= 11 is 6.70. The number of benzene rings is 3. The molecule has 1 aliphatic rings. The van der Waals surface area contributed by atoms with Gasteiger partial charge in [-0.25, -0.2) is 22.4 Å². The maximum Gasteiger partial charge on any atom is 0.268 e. The minimum Gasteiger partial charge on any atom is -0.351 e. The molecule has 0 radical (unpaired) electrons. The van der Waals surface area contributed by atoms with Crippen molar-refractivity contribution in [1.82, 2.24) is 24.2 Å². The van der Waals surface area contributed by atoms with E-state index in [-0.39, 0.29) is 28.8 Å². The third-order valence-electron chi connectivity index (χ3n) is 8.85. The first-order chi connectivity index (χ1) is 24.4. The number of nitrogens with zero attached hydrogens (tertiary/aromatic N) is 4. The Balaban J connectivity index is 1.14. The molecular formula is C38H40ClN7O4S. The maximum absolute atomic E-state index is 13.9. The summed E-state index contributed by atoms with van der Waals surface area (Å²) in [5.74, 6) is -0.0663. The van der Waals surface area contributed by atoms with Crippen LogP contribution in [0, 0.1) is 13.8 Å². The molecule has 2 aromatic heterocycles. The summed E-state index contributed by atoms with van der Waals surface area (Å²) in [7, 11) is -0.0846. The van der Waals surface area contributed by atoms with Crippen molar-refractivity contribution in [2.45, 2.75) is 50.1 Å². The standard InChI is InChI=1S/C38H40ClN7O4S/c1-24-11-19-30(20-12-24)51(49,50)46-25(2)35(31-8-5-6-9-33(31)46)36-32(39)23-40-38(44-36)43-29-18-17-28(22-29)42-37(48)26-13-15-27(16-14-26)41-34(47)10-7-21-45(3)4/h5-16,19-20,23,28-29H,17-18,21-22H2,1-4H3,(H,41,47)(H,42,48)(H,40,43,44)/b10-7+/t28-,29+/m1/s1. The van der Waals surface area contributed by atoms with Crippen molar-refractivity contribution in [3.63, 3.8) is 0 Å². The van der Waals surface area contributed by atoms with Crippen molar-refractivity contribution < 1.29 is 18.0 Å². The summed E-state index contributed by atoms with van der Waals surface area (Å²) in [5, 5.41) is 10.3. The molecule has 2 atom stereocenters. The fourth-order valence-electron chi connectivity index (χ4n) is 6.33. The first-order valence-electron chi connectivity index (χ1n) is 16.7. The normalized spacial score (nSPS) is 16.2. The van der Waals surface area contributed by atoms with E-state index in [9.17, 15) is 18.0 Å². The van der Waals surface area contributed by atoms with Crippen molar-refractivity contribution in [2.24, 2.45) is 0 Å². The van der Waals surface area contributed by atoms with Gasteiger partial charge in [0.25, 0.3) is 15.9 Å². The summed E-state index contributed by atoms with van der Waals surface area (Å²) in [6, 6.07) is 20.8. The maximum atomic E-state index is 13.9. The van der Waals surface area contributed by atoms with Crippen LogP contribution in [0.4, 0.5) is 11.6 Å². The Labute approximate surface area is 302 Å². The fourth-order valence-corrected chi connectivity index (χ4v) is 8.08. The van der Waals surface area contributed by atoms with Crippen LogP contribution in [0.25, 0.3) is 22.2 Å². The molecule has 51 heavy (non-hydrogen) atoms. The van der Waals surface area contributed by atoms with Crippen LogP contribution in [0.1, 0.15) is 40.9 Å². The second-order valence-corrected chi connectivity index (χ2v) is 15.2. The van der Waals surface area contributed by atoms with Crippen molar-refractivity contribution in [1.29, 1.82) is 0 Å². The number of amides is 2. The van der Waals surface area contributed by atoms with Gasteiger partial charge in [0.1, 0.15) is 0 Å². The number of halogens is 1. The molecule has 13 heteroatoms. The average Bonchev–Trinajstić information content (AvgIpc) is 3.66. The lowest BCUT2D eigenvalue weighted by atomic mass is 10.1. The lowest BCUT2D eigenvalue weighted by Crippen LogP contribution is -2.34. The number of aryl methyl sites for hydroxylation is 1. The highest BCUT2D eigenvalue weighted by molar-refractivity contribution is 7.90. The number of aromatic nitrogens is 3. The molecule has 1 saturated carbocycles. The zero-order valence-corrected chi connectivity index (χ0v) is 30.4. The third-order valence-corrected chi connectivity index (χ3v) is 10.9. The summed E-state index contributed by atoms with van der Waals surface area (Å²) in [6.45, 7) is 4.33. The molecule has 0 unspecified atom stereocenters. The second kappa shape index (κ2) is 15.1. The lowest BCUT2D eigenvalue weighted by Gasteiger charge is -2.16. The molecule has 11 nitrogen and oxygen atoms in total. The van der Waals surface area contributed by atoms with E-state index in [1.54, 1.807) is 73.7 Å². The van der Waals surface area contributed by atoms with Gasteiger partial charge in [0.15, 0.2) is 0 Å². The van der Waals surface area contributed by atoms with Crippen molar-refractivity contribution >= 4 is 56.0 Å². The molecule has 3 N–H and O–H groups in total. The number of anilines is 2. The molecule has 5 aromatic rings. The van der Waals surface area contributed by atoms with Crippen LogP contribution in [0.3, 0.4) is 0 Å². The Hall–Kier alpha value is -5.04. The average molecular weight is 726 g/mol. The van der Waals surface area contributed by atoms with Crippen LogP contribution < -0.4 is 16.0 Å². The lowest BCUT2D eigenvalue weighted by molar-refractivity contribution is -0.111. The number of carbonyl (C=O) groups excluding carboxylic acids is 2. The zero-order valence-electron chi connectivity index (χ0n) is 28.9. The Bertz CT molecular complexity index is 2220. The van der Waals surface area contributed by atoms with Gasteiger partial charge in [-0.2, -0.15) is 0 Å². The minimum atomic E-state index is -3.93. The molecule has 0 saturated heterocycles. The second-order valence-electron chi connectivity index (χ2n) is 13.0. The van der Waals surface area contributed by atoms with E-state index >= 15 is 0 Å². The van der Waals surface area contributed by atoms with Gasteiger partial charge in [0.05, 0.1) is 27.3 Å². The van der Waals surface area contributed by atoms with Crippen molar-refractivity contribution in [3.8, 4) is 11.3 Å². The molecule has 3 aromatic carbocycles. The molecule has 0 bridgehead atoms. The summed E-state index contributed by atoms with van der Waals surface area (Å²) in [4.78, 5) is 36.5. The molecule has 2 heterocycles. The number of carbonyl (C=O) groups is 2. The van der Waals surface area contributed by atoms with E-state index in [2.05, 4.69) is 20.9 Å². The highest BCUT2D eigenvalue weighted by Crippen LogP contribution is 2.39. The van der Waals surface area contributed by atoms with Crippen LogP contribution in [-0.4, -0.2) is 71.8 Å². The topological polar surface area (TPSA) is 138 Å². The summed E-state index contributed by atoms with van der Waals surface area (Å²) in [5.41, 5.74) is 4.11. The predicted octanol–water partition coefficient (Wildman–Crippen LogP) is 6.42. The molecule has 1 fully saturated rings. The van der Waals surface area contributed by atoms with Gasteiger partial charge in [-0.1, -0.05) is 53.6 Å². The van der Waals surface area contributed by atoms with Crippen molar-refractivity contribution in [2.75, 3.05) is 31.3 Å². The molecular weight excluding hydrogens is 686 g/mol. The van der Waals surface area contributed by atoms with Gasteiger partial charge in [0, 0.05) is 52.6 Å². The molecule has 264 valence electrons. The van der Waals surface area contributed by atoms with E-state index in [4.69, 9.17) is 16.6 Å². The monoisotopic (exact) mass is 725 g/mol. The zero-order chi connectivity index (χ0) is 36.3. The highest BCUT2D eigenvalue weighted by Gasteiger charge is 2.29. The van der Waals surface area contributed by atoms with Gasteiger partial charge in [-0.05, 0) is 89.7 Å². The number of likely N-dealkylation sites (N-methyl/N-ethyl adjacent to an activating group) is 1. The first-order valence-corrected chi connectivity index (χ1v) is 18.5. The summed E-state index contributed by atoms with van der Waals surface area (Å²) in [6.07, 6.45) is 7.00. The number of fused-ring (bicyclic) bond motifs is 1. The Morgan fingerprint density at radius 1 is 0.980 bits per heavy atom. The molecule has 6 rings (SSSR count). The summed E-state index contributed by atoms with van der Waals surface area (Å²) < 4.78 is 29.2. The van der Waals surface area contributed by atoms with Gasteiger partial charge >= 0.3 is 0 Å². The van der Waals surface area contributed by atoms with Gasteiger partial charge < -0.3 is 20.9 Å².